The van der Waals surface area contributed by atoms with Gasteiger partial charge in [0.25, 0.3) is 0 Å². The first-order chi connectivity index (χ1) is 14.1. The van der Waals surface area contributed by atoms with E-state index in [1.807, 2.05) is 24.3 Å². The van der Waals surface area contributed by atoms with Crippen molar-refractivity contribution in [2.45, 2.75) is 76.0 Å². The van der Waals surface area contributed by atoms with E-state index in [-0.39, 0.29) is 0 Å². The number of phosphoric ester groups is 1. The molecule has 2 fully saturated rings. The van der Waals surface area contributed by atoms with Crippen LogP contribution in [0.3, 0.4) is 0 Å². The average Bonchev–Trinajstić information content (AvgIpc) is 2.75. The lowest BCUT2D eigenvalue weighted by molar-refractivity contribution is 0.291. The first kappa shape index (κ1) is 20.5. The predicted molar refractivity (Wildman–Crippen MR) is 116 cm³/mol. The van der Waals surface area contributed by atoms with Crippen LogP contribution < -0.4 is 9.05 Å². The molecule has 0 spiro atoms. The van der Waals surface area contributed by atoms with Gasteiger partial charge in [-0.3, -0.25) is 4.89 Å². The average molecular weight is 414 g/mol. The number of phosphoric acid groups is 1. The SMILES string of the molecule is O=P(O)(Oc1ccc(C2CCCCC2)cc1)Oc1ccc(C2CCCCC2)cc1. The van der Waals surface area contributed by atoms with Crippen molar-refractivity contribution in [2.75, 3.05) is 0 Å². The summed E-state index contributed by atoms with van der Waals surface area (Å²) in [5.41, 5.74) is 2.56. The van der Waals surface area contributed by atoms with Gasteiger partial charge < -0.3 is 9.05 Å². The van der Waals surface area contributed by atoms with Crippen LogP contribution in [0.15, 0.2) is 48.5 Å². The molecule has 1 N–H and O–H groups in total. The zero-order chi connectivity index (χ0) is 20.1. The highest BCUT2D eigenvalue weighted by Crippen LogP contribution is 2.45. The molecule has 4 rings (SSSR count). The van der Waals surface area contributed by atoms with Gasteiger partial charge in [0, 0.05) is 0 Å². The minimum atomic E-state index is -4.23. The molecule has 29 heavy (non-hydrogen) atoms. The van der Waals surface area contributed by atoms with Gasteiger partial charge in [-0.2, -0.15) is 0 Å². The van der Waals surface area contributed by atoms with Gasteiger partial charge in [0.15, 0.2) is 0 Å². The molecule has 2 aromatic rings. The van der Waals surface area contributed by atoms with Crippen LogP contribution in [-0.4, -0.2) is 4.89 Å². The lowest BCUT2D eigenvalue weighted by Gasteiger charge is -2.22. The molecule has 0 unspecified atom stereocenters. The third kappa shape index (κ3) is 5.65. The second-order valence-corrected chi connectivity index (χ2v) is 9.76. The molecule has 2 aromatic carbocycles. The van der Waals surface area contributed by atoms with Crippen molar-refractivity contribution >= 4 is 7.82 Å². The van der Waals surface area contributed by atoms with Crippen LogP contribution in [0.5, 0.6) is 11.5 Å². The van der Waals surface area contributed by atoms with Crippen LogP contribution >= 0.6 is 7.82 Å². The normalized spacial score (nSPS) is 19.1. The molecule has 156 valence electrons. The van der Waals surface area contributed by atoms with Crippen molar-refractivity contribution in [3.8, 4) is 11.5 Å². The van der Waals surface area contributed by atoms with E-state index in [9.17, 15) is 9.46 Å². The van der Waals surface area contributed by atoms with Crippen molar-refractivity contribution in [3.05, 3.63) is 59.7 Å². The summed E-state index contributed by atoms with van der Waals surface area (Å²) >= 11 is 0. The number of hydrogen-bond acceptors (Lipinski definition) is 3. The Morgan fingerprint density at radius 2 is 0.966 bits per heavy atom. The monoisotopic (exact) mass is 414 g/mol. The Morgan fingerprint density at radius 3 is 1.31 bits per heavy atom. The highest BCUT2D eigenvalue weighted by Gasteiger charge is 2.26. The van der Waals surface area contributed by atoms with Crippen LogP contribution in [0.2, 0.25) is 0 Å². The fourth-order valence-corrected chi connectivity index (χ4v) is 5.57. The molecule has 0 heterocycles. The standard InChI is InChI=1S/C24H31O4P/c25-29(26,27-23-15-11-21(12-16-23)19-7-3-1-4-8-19)28-24-17-13-22(14-18-24)20-9-5-2-6-10-20/h11-20H,1-10H2,(H,25,26). The summed E-state index contributed by atoms with van der Waals surface area (Å²) in [6.07, 6.45) is 12.7. The summed E-state index contributed by atoms with van der Waals surface area (Å²) in [6.45, 7) is 0. The van der Waals surface area contributed by atoms with E-state index in [4.69, 9.17) is 9.05 Å². The predicted octanol–water partition coefficient (Wildman–Crippen LogP) is 7.34. The van der Waals surface area contributed by atoms with E-state index in [0.29, 0.717) is 23.3 Å². The Kier molecular flexibility index (Phi) is 6.62. The summed E-state index contributed by atoms with van der Waals surface area (Å²) in [5, 5.41) is 0. The van der Waals surface area contributed by atoms with E-state index < -0.39 is 7.82 Å². The molecule has 5 heteroatoms. The first-order valence-corrected chi connectivity index (χ1v) is 12.5. The molecule has 0 bridgehead atoms. The second-order valence-electron chi connectivity index (χ2n) is 8.46. The molecule has 2 aliphatic carbocycles. The lowest BCUT2D eigenvalue weighted by atomic mass is 9.84. The molecule has 0 radical (unpaired) electrons. The maximum Gasteiger partial charge on any atom is 0.584 e. The summed E-state index contributed by atoms with van der Waals surface area (Å²) in [4.78, 5) is 10.2. The van der Waals surface area contributed by atoms with Crippen molar-refractivity contribution in [1.82, 2.24) is 0 Å². The van der Waals surface area contributed by atoms with Crippen molar-refractivity contribution in [2.24, 2.45) is 0 Å². The highest BCUT2D eigenvalue weighted by atomic mass is 31.2. The summed E-state index contributed by atoms with van der Waals surface area (Å²) in [6, 6.07) is 15.1. The van der Waals surface area contributed by atoms with Gasteiger partial charge in [-0.25, -0.2) is 4.57 Å². The molecule has 4 nitrogen and oxygen atoms in total. The maximum atomic E-state index is 12.4. The molecule has 0 atom stereocenters. The molecule has 2 saturated carbocycles. The van der Waals surface area contributed by atoms with Gasteiger partial charge in [-0.15, -0.1) is 0 Å². The Labute approximate surface area is 173 Å². The highest BCUT2D eigenvalue weighted by molar-refractivity contribution is 7.48. The lowest BCUT2D eigenvalue weighted by Crippen LogP contribution is -2.05. The molecule has 0 aromatic heterocycles. The number of rotatable bonds is 6. The third-order valence-corrected chi connectivity index (χ3v) is 7.24. The zero-order valence-electron chi connectivity index (χ0n) is 17.0. The fraction of sp³-hybridized carbons (Fsp3) is 0.500. The first-order valence-electron chi connectivity index (χ1n) is 11.0. The zero-order valence-corrected chi connectivity index (χ0v) is 17.9. The minimum absolute atomic E-state index is 0.356. The summed E-state index contributed by atoms with van der Waals surface area (Å²) in [7, 11) is -4.23. The second kappa shape index (κ2) is 9.36. The number of hydrogen-bond donors (Lipinski definition) is 1. The van der Waals surface area contributed by atoms with Gasteiger partial charge in [-0.05, 0) is 72.9 Å². The summed E-state index contributed by atoms with van der Waals surface area (Å²) < 4.78 is 23.0. The summed E-state index contributed by atoms with van der Waals surface area (Å²) in [5.74, 6) is 1.90. The van der Waals surface area contributed by atoms with Crippen LogP contribution in [0, 0.1) is 0 Å². The Balaban J connectivity index is 1.35. The van der Waals surface area contributed by atoms with Crippen molar-refractivity contribution in [3.63, 3.8) is 0 Å². The smallest absolute Gasteiger partial charge is 0.395 e. The third-order valence-electron chi connectivity index (χ3n) is 6.35. The van der Waals surface area contributed by atoms with Crippen LogP contribution in [0.25, 0.3) is 0 Å². The van der Waals surface area contributed by atoms with Gasteiger partial charge >= 0.3 is 7.82 Å². The molecule has 2 aliphatic rings. The molecular formula is C24H31O4P. The quantitative estimate of drug-likeness (QED) is 0.502. The Morgan fingerprint density at radius 1 is 0.621 bits per heavy atom. The van der Waals surface area contributed by atoms with E-state index >= 15 is 0 Å². The maximum absolute atomic E-state index is 12.4. The van der Waals surface area contributed by atoms with Crippen LogP contribution in [0.4, 0.5) is 0 Å². The number of benzene rings is 2. The molecule has 0 saturated heterocycles. The topological polar surface area (TPSA) is 55.8 Å². The Hall–Kier alpha value is -1.77. The van der Waals surface area contributed by atoms with E-state index in [0.717, 1.165) is 0 Å². The molecule has 0 aliphatic heterocycles. The van der Waals surface area contributed by atoms with E-state index in [1.54, 1.807) is 24.3 Å². The van der Waals surface area contributed by atoms with E-state index in [2.05, 4.69) is 0 Å². The minimum Gasteiger partial charge on any atom is -0.395 e. The van der Waals surface area contributed by atoms with Crippen molar-refractivity contribution < 1.29 is 18.5 Å². The van der Waals surface area contributed by atoms with Gasteiger partial charge in [0.2, 0.25) is 0 Å². The largest absolute Gasteiger partial charge is 0.584 e. The van der Waals surface area contributed by atoms with Crippen LogP contribution in [0.1, 0.15) is 87.2 Å². The van der Waals surface area contributed by atoms with Gasteiger partial charge in [0.1, 0.15) is 11.5 Å². The van der Waals surface area contributed by atoms with Crippen LogP contribution in [-0.2, 0) is 4.57 Å². The fourth-order valence-electron chi connectivity index (χ4n) is 4.76. The van der Waals surface area contributed by atoms with Gasteiger partial charge in [-0.1, -0.05) is 62.8 Å². The molecule has 0 amide bonds. The van der Waals surface area contributed by atoms with E-state index in [1.165, 1.54) is 75.3 Å². The molecular weight excluding hydrogens is 383 g/mol. The van der Waals surface area contributed by atoms with Crippen molar-refractivity contribution in [1.29, 1.82) is 0 Å². The Bertz CT molecular complexity index is 751. The van der Waals surface area contributed by atoms with Gasteiger partial charge in [0.05, 0.1) is 0 Å².